The number of nitrogens with one attached hydrogen (secondary N) is 1. The molecule has 3 heterocycles. The van der Waals surface area contributed by atoms with Gasteiger partial charge in [0, 0.05) is 25.5 Å². The summed E-state index contributed by atoms with van der Waals surface area (Å²) in [5.41, 5.74) is 0. The Kier molecular flexibility index (Phi) is 3.06. The van der Waals surface area contributed by atoms with Crippen LogP contribution >= 0.6 is 12.2 Å². The highest BCUT2D eigenvalue weighted by Crippen LogP contribution is 2.15. The van der Waals surface area contributed by atoms with Crippen LogP contribution in [0.3, 0.4) is 0 Å². The van der Waals surface area contributed by atoms with Crippen molar-refractivity contribution in [3.8, 4) is 11.6 Å². The van der Waals surface area contributed by atoms with E-state index in [1.807, 2.05) is 4.68 Å². The van der Waals surface area contributed by atoms with Crippen LogP contribution in [0.2, 0.25) is 0 Å². The Balaban J connectivity index is 2.03. The van der Waals surface area contributed by atoms with Gasteiger partial charge in [0.05, 0.1) is 0 Å². The van der Waals surface area contributed by atoms with Crippen molar-refractivity contribution < 1.29 is 0 Å². The Morgan fingerprint density at radius 1 is 1.11 bits per heavy atom. The molecule has 1 N–H and O–H groups in total. The maximum Gasteiger partial charge on any atom is 0.219 e. The minimum absolute atomic E-state index is 0.593. The van der Waals surface area contributed by atoms with Crippen LogP contribution in [0.1, 0.15) is 19.3 Å². The summed E-state index contributed by atoms with van der Waals surface area (Å²) in [5.74, 6) is 1.28. The molecule has 94 valence electrons. The van der Waals surface area contributed by atoms with E-state index in [0.717, 1.165) is 13.1 Å². The van der Waals surface area contributed by atoms with Crippen LogP contribution in [0.5, 0.6) is 0 Å². The molecule has 0 radical (unpaired) electrons. The highest BCUT2D eigenvalue weighted by molar-refractivity contribution is 7.71. The molecular formula is C11H14N6S. The SMILES string of the molecule is S=c1[nH]nc(-c2ncccn2)n1N1CCCCC1. The third-order valence-corrected chi connectivity index (χ3v) is 3.30. The van der Waals surface area contributed by atoms with Crippen molar-refractivity contribution in [2.75, 3.05) is 18.1 Å². The molecule has 0 spiro atoms. The first-order chi connectivity index (χ1) is 8.86. The number of rotatable bonds is 2. The largest absolute Gasteiger partial charge is 0.309 e. The number of hydrogen-bond acceptors (Lipinski definition) is 5. The quantitative estimate of drug-likeness (QED) is 0.831. The van der Waals surface area contributed by atoms with Crippen molar-refractivity contribution in [1.82, 2.24) is 24.8 Å². The summed E-state index contributed by atoms with van der Waals surface area (Å²) in [6.45, 7) is 1.99. The average molecular weight is 262 g/mol. The van der Waals surface area contributed by atoms with Gasteiger partial charge >= 0.3 is 0 Å². The molecule has 0 amide bonds. The van der Waals surface area contributed by atoms with Gasteiger partial charge in [0.2, 0.25) is 10.6 Å². The standard InChI is InChI=1S/C11H14N6S/c18-11-15-14-10(9-12-5-4-6-13-9)17(11)16-7-2-1-3-8-16/h4-6H,1-3,7-8H2,(H,15,18). The Morgan fingerprint density at radius 3 is 2.56 bits per heavy atom. The zero-order valence-electron chi connectivity index (χ0n) is 9.91. The second-order valence-electron chi connectivity index (χ2n) is 4.25. The fourth-order valence-electron chi connectivity index (χ4n) is 2.19. The summed E-state index contributed by atoms with van der Waals surface area (Å²) >= 11 is 5.30. The average Bonchev–Trinajstić information content (AvgIpc) is 2.83. The third kappa shape index (κ3) is 2.01. The number of hydrogen-bond donors (Lipinski definition) is 1. The zero-order valence-corrected chi connectivity index (χ0v) is 10.7. The molecule has 0 atom stereocenters. The monoisotopic (exact) mass is 262 g/mol. The van der Waals surface area contributed by atoms with E-state index < -0.39 is 0 Å². The van der Waals surface area contributed by atoms with Gasteiger partial charge in [0.1, 0.15) is 0 Å². The summed E-state index contributed by atoms with van der Waals surface area (Å²) in [4.78, 5) is 8.46. The lowest BCUT2D eigenvalue weighted by Gasteiger charge is -2.29. The summed E-state index contributed by atoms with van der Waals surface area (Å²) in [6.07, 6.45) is 7.06. The second kappa shape index (κ2) is 4.85. The minimum atomic E-state index is 0.593. The van der Waals surface area contributed by atoms with Gasteiger partial charge in [0.15, 0.2) is 5.82 Å². The summed E-state index contributed by atoms with van der Waals surface area (Å²) in [5, 5.41) is 9.28. The molecular weight excluding hydrogens is 248 g/mol. The molecule has 0 saturated carbocycles. The number of nitrogens with zero attached hydrogens (tertiary/aromatic N) is 5. The van der Waals surface area contributed by atoms with Crippen molar-refractivity contribution in [3.63, 3.8) is 0 Å². The van der Waals surface area contributed by atoms with Crippen LogP contribution < -0.4 is 5.01 Å². The fourth-order valence-corrected chi connectivity index (χ4v) is 2.44. The predicted octanol–water partition coefficient (Wildman–Crippen LogP) is 1.52. The first-order valence-corrected chi connectivity index (χ1v) is 6.47. The number of H-pyrrole nitrogens is 1. The molecule has 0 aromatic carbocycles. The number of piperidine rings is 1. The van der Waals surface area contributed by atoms with E-state index in [2.05, 4.69) is 25.2 Å². The van der Waals surface area contributed by atoms with Crippen molar-refractivity contribution in [2.45, 2.75) is 19.3 Å². The molecule has 0 unspecified atom stereocenters. The zero-order chi connectivity index (χ0) is 12.4. The van der Waals surface area contributed by atoms with Crippen molar-refractivity contribution >= 4 is 12.2 Å². The molecule has 0 bridgehead atoms. The molecule has 2 aromatic rings. The molecule has 3 rings (SSSR count). The van der Waals surface area contributed by atoms with E-state index in [0.29, 0.717) is 16.4 Å². The van der Waals surface area contributed by atoms with Gasteiger partial charge in [-0.05, 0) is 37.5 Å². The Bertz CT molecular complexity index is 569. The van der Waals surface area contributed by atoms with Crippen molar-refractivity contribution in [1.29, 1.82) is 0 Å². The Hall–Kier alpha value is -1.76. The van der Waals surface area contributed by atoms with Crippen LogP contribution in [0, 0.1) is 4.77 Å². The van der Waals surface area contributed by atoms with Gasteiger partial charge in [-0.1, -0.05) is 0 Å². The van der Waals surface area contributed by atoms with Gasteiger partial charge in [-0.3, -0.25) is 0 Å². The van der Waals surface area contributed by atoms with E-state index in [-0.39, 0.29) is 0 Å². The van der Waals surface area contributed by atoms with E-state index >= 15 is 0 Å². The lowest BCUT2D eigenvalue weighted by Crippen LogP contribution is -2.39. The highest BCUT2D eigenvalue weighted by atomic mass is 32.1. The van der Waals surface area contributed by atoms with Crippen molar-refractivity contribution in [3.05, 3.63) is 23.2 Å². The molecule has 1 aliphatic rings. The molecule has 1 fully saturated rings. The number of aromatic amines is 1. The molecule has 6 nitrogen and oxygen atoms in total. The van der Waals surface area contributed by atoms with Gasteiger partial charge in [-0.15, -0.1) is 5.10 Å². The van der Waals surface area contributed by atoms with E-state index in [4.69, 9.17) is 12.2 Å². The third-order valence-electron chi connectivity index (χ3n) is 3.03. The number of aromatic nitrogens is 5. The lowest BCUT2D eigenvalue weighted by molar-refractivity contribution is 0.477. The van der Waals surface area contributed by atoms with Gasteiger partial charge in [0.25, 0.3) is 0 Å². The van der Waals surface area contributed by atoms with Crippen LogP contribution in [-0.2, 0) is 0 Å². The van der Waals surface area contributed by atoms with Crippen LogP contribution in [-0.4, -0.2) is 37.9 Å². The Morgan fingerprint density at radius 2 is 1.83 bits per heavy atom. The Labute approximate surface area is 110 Å². The van der Waals surface area contributed by atoms with Crippen LogP contribution in [0.15, 0.2) is 18.5 Å². The predicted molar refractivity (Wildman–Crippen MR) is 70.2 cm³/mol. The molecule has 0 aliphatic carbocycles. The first kappa shape index (κ1) is 11.3. The normalized spacial score (nSPS) is 15.9. The first-order valence-electron chi connectivity index (χ1n) is 6.06. The highest BCUT2D eigenvalue weighted by Gasteiger charge is 2.18. The molecule has 7 heteroatoms. The topological polar surface area (TPSA) is 62.6 Å². The summed E-state index contributed by atoms with van der Waals surface area (Å²) in [6, 6.07) is 1.79. The summed E-state index contributed by atoms with van der Waals surface area (Å²) in [7, 11) is 0. The van der Waals surface area contributed by atoms with Crippen molar-refractivity contribution in [2.24, 2.45) is 0 Å². The smallest absolute Gasteiger partial charge is 0.219 e. The molecule has 18 heavy (non-hydrogen) atoms. The minimum Gasteiger partial charge on any atom is -0.309 e. The second-order valence-corrected chi connectivity index (χ2v) is 4.64. The van der Waals surface area contributed by atoms with E-state index in [1.54, 1.807) is 18.5 Å². The summed E-state index contributed by atoms with van der Waals surface area (Å²) < 4.78 is 2.52. The fraction of sp³-hybridized carbons (Fsp3) is 0.455. The van der Waals surface area contributed by atoms with Crippen LogP contribution in [0.4, 0.5) is 0 Å². The maximum absolute atomic E-state index is 5.30. The lowest BCUT2D eigenvalue weighted by atomic mass is 10.2. The molecule has 1 aliphatic heterocycles. The van der Waals surface area contributed by atoms with Gasteiger partial charge < -0.3 is 5.01 Å². The van der Waals surface area contributed by atoms with Gasteiger partial charge in [-0.2, -0.15) is 0 Å². The van der Waals surface area contributed by atoms with Gasteiger partial charge in [-0.25, -0.2) is 19.7 Å². The van der Waals surface area contributed by atoms with E-state index in [9.17, 15) is 0 Å². The maximum atomic E-state index is 5.30. The molecule has 1 saturated heterocycles. The molecule has 2 aromatic heterocycles. The van der Waals surface area contributed by atoms with Crippen LogP contribution in [0.25, 0.3) is 11.6 Å². The van der Waals surface area contributed by atoms with E-state index in [1.165, 1.54) is 19.3 Å².